The third-order valence-electron chi connectivity index (χ3n) is 15.0. The Morgan fingerprint density at radius 2 is 0.500 bits per heavy atom. The normalized spacial score (nSPS) is 12.3. The van der Waals surface area contributed by atoms with Gasteiger partial charge in [0.15, 0.2) is 6.10 Å². The minimum absolute atomic E-state index is 0.0752. The molecule has 0 aliphatic heterocycles. The molecular weight excluding hydrogens is 937 g/mol. The van der Waals surface area contributed by atoms with Crippen LogP contribution in [0.25, 0.3) is 0 Å². The van der Waals surface area contributed by atoms with E-state index in [2.05, 4.69) is 69.4 Å². The molecular formula is C70H128O6. The minimum atomic E-state index is -0.777. The second-order valence-corrected chi connectivity index (χ2v) is 22.7. The predicted octanol–water partition coefficient (Wildman–Crippen LogP) is 22.9. The Labute approximate surface area is 473 Å². The molecule has 1 unspecified atom stereocenters. The molecule has 0 saturated carbocycles. The summed E-state index contributed by atoms with van der Waals surface area (Å²) in [5.74, 6) is -0.878. The fraction of sp³-hybridized carbons (Fsp3) is 0.843. The maximum absolute atomic E-state index is 12.8. The van der Waals surface area contributed by atoms with Crippen LogP contribution < -0.4 is 0 Å². The van der Waals surface area contributed by atoms with E-state index in [0.717, 1.165) is 83.5 Å². The first-order chi connectivity index (χ1) is 37.5. The van der Waals surface area contributed by atoms with Gasteiger partial charge in [0.25, 0.3) is 0 Å². The van der Waals surface area contributed by atoms with Crippen molar-refractivity contribution in [2.75, 3.05) is 13.2 Å². The van der Waals surface area contributed by atoms with Crippen LogP contribution in [0.1, 0.15) is 361 Å². The van der Waals surface area contributed by atoms with Crippen LogP contribution in [0.15, 0.2) is 48.6 Å². The van der Waals surface area contributed by atoms with E-state index in [0.29, 0.717) is 19.3 Å². The van der Waals surface area contributed by atoms with Crippen molar-refractivity contribution < 1.29 is 28.6 Å². The van der Waals surface area contributed by atoms with Crippen LogP contribution in [0, 0.1) is 0 Å². The first-order valence-corrected chi connectivity index (χ1v) is 33.6. The smallest absolute Gasteiger partial charge is 0.306 e. The van der Waals surface area contributed by atoms with Crippen LogP contribution in [0.5, 0.6) is 0 Å². The minimum Gasteiger partial charge on any atom is -0.462 e. The summed E-state index contributed by atoms with van der Waals surface area (Å²) in [6.07, 6.45) is 81.7. The molecule has 0 heterocycles. The quantitative estimate of drug-likeness (QED) is 0.0261. The standard InChI is InChI=1S/C70H128O6/c1-4-7-10-13-16-19-22-24-25-26-27-28-29-30-31-32-33-34-35-36-37-38-39-40-41-42-43-44-45-47-48-51-54-57-60-63-69(72)75-66-67(65-74-68(71)62-59-56-53-50-21-18-15-12-9-6-3)76-70(73)64-61-58-55-52-49-46-23-20-17-14-11-8-5-2/h12,15,20,22-24,26-27,67H,4-11,13-14,16-19,21,25,28-66H2,1-3H3/b15-12-,23-20-,24-22-,27-26-. The van der Waals surface area contributed by atoms with E-state index in [1.807, 2.05) is 0 Å². The zero-order valence-corrected chi connectivity index (χ0v) is 51.0. The molecule has 0 rings (SSSR count). The van der Waals surface area contributed by atoms with Crippen LogP contribution in [0.3, 0.4) is 0 Å². The Hall–Kier alpha value is -2.63. The average molecular weight is 1070 g/mol. The van der Waals surface area contributed by atoms with Gasteiger partial charge in [-0.3, -0.25) is 14.4 Å². The molecule has 0 bridgehead atoms. The highest BCUT2D eigenvalue weighted by Gasteiger charge is 2.19. The van der Waals surface area contributed by atoms with Gasteiger partial charge in [-0.15, -0.1) is 0 Å². The van der Waals surface area contributed by atoms with E-state index in [-0.39, 0.29) is 31.1 Å². The number of carbonyl (C=O) groups is 3. The molecule has 444 valence electrons. The Bertz CT molecular complexity index is 1310. The maximum atomic E-state index is 12.8. The van der Waals surface area contributed by atoms with Crippen molar-refractivity contribution in [1.29, 1.82) is 0 Å². The number of rotatable bonds is 62. The number of hydrogen-bond donors (Lipinski definition) is 0. The third-order valence-corrected chi connectivity index (χ3v) is 15.0. The molecule has 6 heteroatoms. The van der Waals surface area contributed by atoms with Crippen LogP contribution in [-0.4, -0.2) is 37.2 Å². The summed E-state index contributed by atoms with van der Waals surface area (Å²) in [7, 11) is 0. The fourth-order valence-corrected chi connectivity index (χ4v) is 9.94. The Morgan fingerprint density at radius 1 is 0.263 bits per heavy atom. The second kappa shape index (κ2) is 64.9. The molecule has 6 nitrogen and oxygen atoms in total. The van der Waals surface area contributed by atoms with E-state index in [9.17, 15) is 14.4 Å². The summed E-state index contributed by atoms with van der Waals surface area (Å²) in [5, 5.41) is 0. The van der Waals surface area contributed by atoms with Crippen molar-refractivity contribution >= 4 is 17.9 Å². The molecule has 0 amide bonds. The topological polar surface area (TPSA) is 78.9 Å². The lowest BCUT2D eigenvalue weighted by Gasteiger charge is -2.18. The molecule has 0 saturated heterocycles. The largest absolute Gasteiger partial charge is 0.462 e. The van der Waals surface area contributed by atoms with Crippen molar-refractivity contribution in [3.63, 3.8) is 0 Å². The lowest BCUT2D eigenvalue weighted by atomic mass is 10.0. The summed E-state index contributed by atoms with van der Waals surface area (Å²) in [5.41, 5.74) is 0. The monoisotopic (exact) mass is 1060 g/mol. The molecule has 0 aliphatic rings. The van der Waals surface area contributed by atoms with Gasteiger partial charge in [0, 0.05) is 19.3 Å². The van der Waals surface area contributed by atoms with Crippen LogP contribution in [0.4, 0.5) is 0 Å². The van der Waals surface area contributed by atoms with E-state index < -0.39 is 6.10 Å². The van der Waals surface area contributed by atoms with Crippen LogP contribution >= 0.6 is 0 Å². The maximum Gasteiger partial charge on any atom is 0.306 e. The molecule has 0 aromatic heterocycles. The molecule has 0 aromatic carbocycles. The Balaban J connectivity index is 3.97. The fourth-order valence-electron chi connectivity index (χ4n) is 9.94. The highest BCUT2D eigenvalue weighted by atomic mass is 16.6. The summed E-state index contributed by atoms with van der Waals surface area (Å²) in [6.45, 7) is 6.58. The molecule has 0 radical (unpaired) electrons. The van der Waals surface area contributed by atoms with E-state index in [1.165, 1.54) is 238 Å². The molecule has 0 aliphatic carbocycles. The zero-order valence-electron chi connectivity index (χ0n) is 51.0. The second-order valence-electron chi connectivity index (χ2n) is 22.7. The highest BCUT2D eigenvalue weighted by molar-refractivity contribution is 5.71. The summed E-state index contributed by atoms with van der Waals surface area (Å²) >= 11 is 0. The highest BCUT2D eigenvalue weighted by Crippen LogP contribution is 2.18. The summed E-state index contributed by atoms with van der Waals surface area (Å²) < 4.78 is 16.9. The predicted molar refractivity (Wildman–Crippen MR) is 330 cm³/mol. The van der Waals surface area contributed by atoms with E-state index in [4.69, 9.17) is 14.2 Å². The van der Waals surface area contributed by atoms with Crippen molar-refractivity contribution in [2.45, 2.75) is 367 Å². The first-order valence-electron chi connectivity index (χ1n) is 33.6. The number of hydrogen-bond acceptors (Lipinski definition) is 6. The summed E-state index contributed by atoms with van der Waals surface area (Å²) in [6, 6.07) is 0. The van der Waals surface area contributed by atoms with Crippen molar-refractivity contribution in [1.82, 2.24) is 0 Å². The van der Waals surface area contributed by atoms with Gasteiger partial charge in [-0.25, -0.2) is 0 Å². The summed E-state index contributed by atoms with van der Waals surface area (Å²) in [4.78, 5) is 38.1. The lowest BCUT2D eigenvalue weighted by molar-refractivity contribution is -0.167. The first kappa shape index (κ1) is 73.4. The van der Waals surface area contributed by atoms with Crippen molar-refractivity contribution in [2.24, 2.45) is 0 Å². The van der Waals surface area contributed by atoms with Gasteiger partial charge in [0.2, 0.25) is 0 Å². The van der Waals surface area contributed by atoms with Crippen molar-refractivity contribution in [3.05, 3.63) is 48.6 Å². The van der Waals surface area contributed by atoms with Gasteiger partial charge in [-0.05, 0) is 96.3 Å². The number of unbranched alkanes of at least 4 members (excludes halogenated alkanes) is 43. The van der Waals surface area contributed by atoms with Gasteiger partial charge in [-0.2, -0.15) is 0 Å². The third kappa shape index (κ3) is 62.2. The molecule has 1 atom stereocenters. The van der Waals surface area contributed by atoms with Gasteiger partial charge in [-0.1, -0.05) is 294 Å². The SMILES string of the molecule is CCC/C=C\CCCCCCCC(=O)OCC(COC(=O)CCCCCCCCCCCCCCCCCCCCCCCCC/C=C\C/C=C\CCCCCCC)OC(=O)CCCCCCC/C=C\CCCCCC. The Morgan fingerprint density at radius 3 is 0.803 bits per heavy atom. The van der Waals surface area contributed by atoms with Crippen LogP contribution in [-0.2, 0) is 28.6 Å². The number of ether oxygens (including phenoxy) is 3. The van der Waals surface area contributed by atoms with E-state index >= 15 is 0 Å². The van der Waals surface area contributed by atoms with Gasteiger partial charge in [0.05, 0.1) is 0 Å². The number of allylic oxidation sites excluding steroid dienone is 8. The zero-order chi connectivity index (χ0) is 55.0. The lowest BCUT2D eigenvalue weighted by Crippen LogP contribution is -2.30. The van der Waals surface area contributed by atoms with Crippen LogP contribution in [0.2, 0.25) is 0 Å². The number of carbonyl (C=O) groups excluding carboxylic acids is 3. The average Bonchev–Trinajstić information content (AvgIpc) is 3.42. The van der Waals surface area contributed by atoms with Crippen molar-refractivity contribution in [3.8, 4) is 0 Å². The van der Waals surface area contributed by atoms with Gasteiger partial charge < -0.3 is 14.2 Å². The van der Waals surface area contributed by atoms with Gasteiger partial charge >= 0.3 is 17.9 Å². The Kier molecular flexibility index (Phi) is 62.6. The molecule has 76 heavy (non-hydrogen) atoms. The molecule has 0 N–H and O–H groups in total. The number of esters is 3. The van der Waals surface area contributed by atoms with E-state index in [1.54, 1.807) is 0 Å². The van der Waals surface area contributed by atoms with Gasteiger partial charge in [0.1, 0.15) is 13.2 Å². The molecule has 0 aromatic rings. The molecule has 0 spiro atoms. The molecule has 0 fully saturated rings.